The van der Waals surface area contributed by atoms with Gasteiger partial charge in [-0.2, -0.15) is 0 Å². The van der Waals surface area contributed by atoms with E-state index in [0.29, 0.717) is 5.15 Å². The van der Waals surface area contributed by atoms with Crippen molar-refractivity contribution in [3.8, 4) is 0 Å². The zero-order valence-corrected chi connectivity index (χ0v) is 10.3. The number of esters is 1. The standard InChI is InChI=1S/C11H15ClN2O2/c1-11(2,10(15)16-3)9(13)7-4-5-8(12)14-6-7/h4-6,9H,13H2,1-3H3/t9-/m1/s1. The molecule has 0 aliphatic carbocycles. The van der Waals surface area contributed by atoms with E-state index in [-0.39, 0.29) is 5.97 Å². The Hall–Kier alpha value is -1.13. The summed E-state index contributed by atoms with van der Waals surface area (Å²) >= 11 is 5.68. The topological polar surface area (TPSA) is 65.2 Å². The zero-order valence-electron chi connectivity index (χ0n) is 9.53. The van der Waals surface area contributed by atoms with Gasteiger partial charge in [0.25, 0.3) is 0 Å². The fraction of sp³-hybridized carbons (Fsp3) is 0.455. The van der Waals surface area contributed by atoms with Gasteiger partial charge in [-0.25, -0.2) is 4.98 Å². The van der Waals surface area contributed by atoms with E-state index in [2.05, 4.69) is 4.98 Å². The van der Waals surface area contributed by atoms with Crippen molar-refractivity contribution in [2.45, 2.75) is 19.9 Å². The molecule has 1 heterocycles. The van der Waals surface area contributed by atoms with Crippen LogP contribution in [-0.2, 0) is 9.53 Å². The van der Waals surface area contributed by atoms with Crippen molar-refractivity contribution in [2.24, 2.45) is 11.1 Å². The van der Waals surface area contributed by atoms with Gasteiger partial charge in [0.1, 0.15) is 5.15 Å². The summed E-state index contributed by atoms with van der Waals surface area (Å²) in [5.41, 5.74) is 5.96. The highest BCUT2D eigenvalue weighted by atomic mass is 35.5. The van der Waals surface area contributed by atoms with Crippen molar-refractivity contribution in [3.05, 3.63) is 29.0 Å². The highest BCUT2D eigenvalue weighted by Crippen LogP contribution is 2.32. The maximum Gasteiger partial charge on any atom is 0.313 e. The molecule has 0 aromatic carbocycles. The van der Waals surface area contributed by atoms with E-state index in [0.717, 1.165) is 5.56 Å². The lowest BCUT2D eigenvalue weighted by Gasteiger charge is -2.28. The quantitative estimate of drug-likeness (QED) is 0.650. The zero-order chi connectivity index (χ0) is 12.3. The van der Waals surface area contributed by atoms with Crippen LogP contribution in [0.5, 0.6) is 0 Å². The first-order chi connectivity index (χ1) is 7.39. The summed E-state index contributed by atoms with van der Waals surface area (Å²) in [6.07, 6.45) is 1.57. The second-order valence-electron chi connectivity index (χ2n) is 4.11. The molecular weight excluding hydrogens is 228 g/mol. The SMILES string of the molecule is COC(=O)C(C)(C)[C@H](N)c1ccc(Cl)nc1. The molecule has 16 heavy (non-hydrogen) atoms. The molecule has 0 saturated heterocycles. The Morgan fingerprint density at radius 1 is 1.56 bits per heavy atom. The van der Waals surface area contributed by atoms with Gasteiger partial charge in [-0.3, -0.25) is 4.79 Å². The van der Waals surface area contributed by atoms with Gasteiger partial charge in [0, 0.05) is 12.2 Å². The smallest absolute Gasteiger partial charge is 0.313 e. The normalized spacial score (nSPS) is 13.3. The van der Waals surface area contributed by atoms with Crippen LogP contribution >= 0.6 is 11.6 Å². The van der Waals surface area contributed by atoms with E-state index < -0.39 is 11.5 Å². The van der Waals surface area contributed by atoms with Gasteiger partial charge in [-0.1, -0.05) is 17.7 Å². The van der Waals surface area contributed by atoms with Crippen LogP contribution in [0, 0.1) is 5.41 Å². The van der Waals surface area contributed by atoms with Crippen molar-refractivity contribution in [1.82, 2.24) is 4.98 Å². The highest BCUT2D eigenvalue weighted by Gasteiger charge is 2.36. The Labute approximate surface area is 99.8 Å². The number of methoxy groups -OCH3 is 1. The Morgan fingerprint density at radius 2 is 2.19 bits per heavy atom. The van der Waals surface area contributed by atoms with Gasteiger partial charge in [0.05, 0.1) is 12.5 Å². The maximum absolute atomic E-state index is 11.6. The van der Waals surface area contributed by atoms with Crippen molar-refractivity contribution < 1.29 is 9.53 Å². The number of carbonyl (C=O) groups is 1. The number of ether oxygens (including phenoxy) is 1. The highest BCUT2D eigenvalue weighted by molar-refractivity contribution is 6.29. The van der Waals surface area contributed by atoms with E-state index in [1.165, 1.54) is 7.11 Å². The number of halogens is 1. The molecule has 0 aliphatic heterocycles. The third kappa shape index (κ3) is 2.51. The molecule has 1 rings (SSSR count). The first kappa shape index (κ1) is 12.9. The van der Waals surface area contributed by atoms with Crippen LogP contribution in [0.1, 0.15) is 25.5 Å². The van der Waals surface area contributed by atoms with Crippen molar-refractivity contribution in [3.63, 3.8) is 0 Å². The van der Waals surface area contributed by atoms with E-state index in [1.54, 1.807) is 32.2 Å². The van der Waals surface area contributed by atoms with Crippen LogP contribution < -0.4 is 5.73 Å². The molecular formula is C11H15ClN2O2. The van der Waals surface area contributed by atoms with E-state index in [4.69, 9.17) is 22.1 Å². The first-order valence-corrected chi connectivity index (χ1v) is 5.23. The minimum absolute atomic E-state index is 0.352. The molecule has 1 aromatic rings. The maximum atomic E-state index is 11.6. The molecule has 0 bridgehead atoms. The molecule has 0 aliphatic rings. The average molecular weight is 243 g/mol. The number of nitrogens with zero attached hydrogens (tertiary/aromatic N) is 1. The van der Waals surface area contributed by atoms with Gasteiger partial charge in [0.2, 0.25) is 0 Å². The molecule has 2 N–H and O–H groups in total. The van der Waals surface area contributed by atoms with Crippen LogP contribution in [0.4, 0.5) is 0 Å². The molecule has 5 heteroatoms. The summed E-state index contributed by atoms with van der Waals surface area (Å²) in [7, 11) is 1.34. The number of nitrogens with two attached hydrogens (primary N) is 1. The van der Waals surface area contributed by atoms with Gasteiger partial charge >= 0.3 is 5.97 Å². The molecule has 88 valence electrons. The number of pyridine rings is 1. The molecule has 0 unspecified atom stereocenters. The summed E-state index contributed by atoms with van der Waals surface area (Å²) in [6.45, 7) is 3.47. The summed E-state index contributed by atoms with van der Waals surface area (Å²) in [5, 5.41) is 0.395. The van der Waals surface area contributed by atoms with Crippen LogP contribution in [0.25, 0.3) is 0 Å². The number of rotatable bonds is 3. The Bertz CT molecular complexity index is 376. The van der Waals surface area contributed by atoms with Crippen LogP contribution in [0.15, 0.2) is 18.3 Å². The Kier molecular flexibility index (Phi) is 3.88. The number of hydrogen-bond acceptors (Lipinski definition) is 4. The summed E-state index contributed by atoms with van der Waals surface area (Å²) in [5.74, 6) is -0.352. The van der Waals surface area contributed by atoms with Gasteiger partial charge < -0.3 is 10.5 Å². The van der Waals surface area contributed by atoms with Gasteiger partial charge in [-0.05, 0) is 25.5 Å². The van der Waals surface area contributed by atoms with Crippen LogP contribution in [0.2, 0.25) is 5.15 Å². The number of hydrogen-bond donors (Lipinski definition) is 1. The Morgan fingerprint density at radius 3 is 2.62 bits per heavy atom. The monoisotopic (exact) mass is 242 g/mol. The van der Waals surface area contributed by atoms with Crippen LogP contribution in [-0.4, -0.2) is 18.1 Å². The predicted octanol–water partition coefficient (Wildman–Crippen LogP) is 1.93. The summed E-state index contributed by atoms with van der Waals surface area (Å²) < 4.78 is 4.72. The van der Waals surface area contributed by atoms with E-state index in [1.807, 2.05) is 0 Å². The lowest BCUT2D eigenvalue weighted by molar-refractivity contribution is -0.152. The minimum Gasteiger partial charge on any atom is -0.469 e. The average Bonchev–Trinajstić information content (AvgIpc) is 2.28. The summed E-state index contributed by atoms with van der Waals surface area (Å²) in [6, 6.07) is 2.92. The van der Waals surface area contributed by atoms with Gasteiger partial charge in [-0.15, -0.1) is 0 Å². The van der Waals surface area contributed by atoms with Crippen LogP contribution in [0.3, 0.4) is 0 Å². The molecule has 0 saturated carbocycles. The third-order valence-corrected chi connectivity index (χ3v) is 2.82. The fourth-order valence-corrected chi connectivity index (χ4v) is 1.49. The number of carbonyl (C=O) groups excluding carboxylic acids is 1. The lowest BCUT2D eigenvalue weighted by Crippen LogP contribution is -2.37. The molecule has 0 radical (unpaired) electrons. The third-order valence-electron chi connectivity index (χ3n) is 2.60. The molecule has 4 nitrogen and oxygen atoms in total. The predicted molar refractivity (Wildman–Crippen MR) is 62.0 cm³/mol. The summed E-state index contributed by atoms with van der Waals surface area (Å²) in [4.78, 5) is 15.5. The first-order valence-electron chi connectivity index (χ1n) is 4.85. The molecule has 1 atom stereocenters. The molecule has 0 fully saturated rings. The lowest BCUT2D eigenvalue weighted by atomic mass is 9.81. The minimum atomic E-state index is -0.801. The second kappa shape index (κ2) is 4.80. The molecule has 0 spiro atoms. The van der Waals surface area contributed by atoms with Crippen molar-refractivity contribution >= 4 is 17.6 Å². The van der Waals surface area contributed by atoms with Crippen molar-refractivity contribution in [2.75, 3.05) is 7.11 Å². The number of aromatic nitrogens is 1. The van der Waals surface area contributed by atoms with Gasteiger partial charge in [0.15, 0.2) is 0 Å². The molecule has 1 aromatic heterocycles. The van der Waals surface area contributed by atoms with E-state index >= 15 is 0 Å². The van der Waals surface area contributed by atoms with E-state index in [9.17, 15) is 4.79 Å². The Balaban J connectivity index is 2.97. The second-order valence-corrected chi connectivity index (χ2v) is 4.49. The fourth-order valence-electron chi connectivity index (χ4n) is 1.38. The largest absolute Gasteiger partial charge is 0.469 e. The molecule has 0 amide bonds. The van der Waals surface area contributed by atoms with Crippen molar-refractivity contribution in [1.29, 1.82) is 0 Å².